The number of quaternary nitrogens is 1. The van der Waals surface area contributed by atoms with Crippen LogP contribution in [0.2, 0.25) is 0 Å². The van der Waals surface area contributed by atoms with E-state index in [-0.39, 0.29) is 11.8 Å². The fourth-order valence-corrected chi connectivity index (χ4v) is 4.84. The van der Waals surface area contributed by atoms with Crippen molar-refractivity contribution in [2.24, 2.45) is 16.7 Å². The van der Waals surface area contributed by atoms with E-state index < -0.39 is 28.5 Å². The number of nitrogens with zero attached hydrogens (tertiary/aromatic N) is 3. The molecule has 1 heterocycles. The molecule has 1 unspecified atom stereocenters. The number of hydrogen-bond acceptors (Lipinski definition) is 4. The summed E-state index contributed by atoms with van der Waals surface area (Å²) in [5.74, 6) is -1.96. The summed E-state index contributed by atoms with van der Waals surface area (Å²) in [7, 11) is 2.03. The van der Waals surface area contributed by atoms with Gasteiger partial charge in [-0.3, -0.25) is 0 Å². The number of likely N-dealkylation sites (N-methyl/N-ethyl adjacent to an activating group) is 1. The Labute approximate surface area is 158 Å². The van der Waals surface area contributed by atoms with Gasteiger partial charge in [0.05, 0.1) is 37.5 Å². The molecular formula is C21H21FN5+. The number of benzene rings is 1. The number of halogens is 1. The van der Waals surface area contributed by atoms with Gasteiger partial charge >= 0.3 is 0 Å². The van der Waals surface area contributed by atoms with Gasteiger partial charge in [0.2, 0.25) is 0 Å². The summed E-state index contributed by atoms with van der Waals surface area (Å²) in [5, 5.41) is 38.4. The van der Waals surface area contributed by atoms with Crippen LogP contribution < -0.4 is 4.90 Å². The molecule has 0 radical (unpaired) electrons. The Bertz CT molecular complexity index is 929. The van der Waals surface area contributed by atoms with Crippen molar-refractivity contribution in [1.82, 2.24) is 0 Å². The van der Waals surface area contributed by atoms with Gasteiger partial charge in [0.25, 0.3) is 0 Å². The summed E-state index contributed by atoms with van der Waals surface area (Å²) in [6.45, 7) is 4.62. The zero-order chi connectivity index (χ0) is 20.0. The lowest BCUT2D eigenvalue weighted by atomic mass is 9.48. The van der Waals surface area contributed by atoms with Crippen molar-refractivity contribution >= 4 is 5.71 Å². The first-order valence-electron chi connectivity index (χ1n) is 8.86. The van der Waals surface area contributed by atoms with Crippen LogP contribution >= 0.6 is 0 Å². The van der Waals surface area contributed by atoms with Gasteiger partial charge in [-0.05, 0) is 43.2 Å². The highest BCUT2D eigenvalue weighted by Crippen LogP contribution is 2.59. The monoisotopic (exact) mass is 362 g/mol. The lowest BCUT2D eigenvalue weighted by molar-refractivity contribution is -0.905. The summed E-state index contributed by atoms with van der Waals surface area (Å²) in [6.07, 6.45) is 2.01. The Morgan fingerprint density at radius 2 is 1.78 bits per heavy atom. The first-order chi connectivity index (χ1) is 12.7. The topological polar surface area (TPSA) is 99.7 Å². The number of nitrogens with one attached hydrogen (secondary N) is 2. The Balaban J connectivity index is 2.36. The molecule has 0 saturated heterocycles. The minimum Gasteiger partial charge on any atom is -0.331 e. The van der Waals surface area contributed by atoms with Gasteiger partial charge in [-0.1, -0.05) is 12.1 Å². The molecule has 0 bridgehead atoms. The molecule has 5 atom stereocenters. The first kappa shape index (κ1) is 18.8. The molecule has 0 aromatic heterocycles. The fourth-order valence-electron chi connectivity index (χ4n) is 4.84. The normalized spacial score (nSPS) is 34.4. The van der Waals surface area contributed by atoms with E-state index in [4.69, 9.17) is 5.41 Å². The Morgan fingerprint density at radius 3 is 2.30 bits per heavy atom. The molecule has 1 aliphatic heterocycles. The quantitative estimate of drug-likeness (QED) is 0.747. The lowest BCUT2D eigenvalue weighted by Gasteiger charge is -2.53. The summed E-state index contributed by atoms with van der Waals surface area (Å²) in [5.41, 5.74) is -1.20. The number of fused-ring (bicyclic) bond motifs is 1. The largest absolute Gasteiger partial charge is 0.331 e. The third-order valence-electron chi connectivity index (χ3n) is 6.29. The maximum atomic E-state index is 13.5. The van der Waals surface area contributed by atoms with Crippen molar-refractivity contribution in [3.8, 4) is 18.2 Å². The van der Waals surface area contributed by atoms with E-state index in [1.54, 1.807) is 12.1 Å². The van der Waals surface area contributed by atoms with Gasteiger partial charge in [0, 0.05) is 11.3 Å². The maximum absolute atomic E-state index is 13.5. The van der Waals surface area contributed by atoms with Crippen LogP contribution in [0.4, 0.5) is 4.39 Å². The Kier molecular flexibility index (Phi) is 4.38. The highest BCUT2D eigenvalue weighted by atomic mass is 19.1. The van der Waals surface area contributed by atoms with Crippen LogP contribution in [0.15, 0.2) is 35.9 Å². The number of rotatable bonds is 1. The molecule has 136 valence electrons. The molecule has 0 spiro atoms. The molecule has 1 fully saturated rings. The average molecular weight is 362 g/mol. The molecule has 2 N–H and O–H groups in total. The lowest BCUT2D eigenvalue weighted by Crippen LogP contribution is -3.14. The predicted molar refractivity (Wildman–Crippen MR) is 97.0 cm³/mol. The van der Waals surface area contributed by atoms with Crippen molar-refractivity contribution in [2.75, 3.05) is 13.6 Å². The fraction of sp³-hybridized carbons (Fsp3) is 0.429. The maximum Gasteiger partial charge on any atom is 0.190 e. The van der Waals surface area contributed by atoms with Gasteiger partial charge in [-0.2, -0.15) is 15.8 Å². The van der Waals surface area contributed by atoms with Crippen LogP contribution in [0.5, 0.6) is 0 Å². The van der Waals surface area contributed by atoms with E-state index >= 15 is 0 Å². The highest BCUT2D eigenvalue weighted by Gasteiger charge is 2.64. The Hall–Kier alpha value is -3.01. The van der Waals surface area contributed by atoms with Gasteiger partial charge in [0.1, 0.15) is 17.8 Å². The minimum atomic E-state index is -1.77. The highest BCUT2D eigenvalue weighted by molar-refractivity contribution is 6.01. The first-order valence-corrected chi connectivity index (χ1v) is 8.86. The molecule has 0 amide bonds. The van der Waals surface area contributed by atoms with Crippen molar-refractivity contribution in [3.05, 3.63) is 47.3 Å². The third-order valence-corrected chi connectivity index (χ3v) is 6.29. The standard InChI is InChI=1S/C21H20FN5/c1-13-8-17-16(9-23)19(26)21(10-24,11-25)18(20(17,2)12-27(13)3)14-4-6-15(22)7-5-14/h4-8,13,16,18,26H,12H2,1-3H3/p+1/t13-,16-,18+,20+/m0/s1. The van der Waals surface area contributed by atoms with Crippen LogP contribution in [0.1, 0.15) is 25.3 Å². The van der Waals surface area contributed by atoms with E-state index in [2.05, 4.69) is 18.2 Å². The summed E-state index contributed by atoms with van der Waals surface area (Å²) in [4.78, 5) is 1.20. The summed E-state index contributed by atoms with van der Waals surface area (Å²) in [6, 6.07) is 12.2. The van der Waals surface area contributed by atoms with Gasteiger partial charge in [-0.15, -0.1) is 0 Å². The summed E-state index contributed by atoms with van der Waals surface area (Å²) < 4.78 is 13.5. The van der Waals surface area contributed by atoms with Crippen LogP contribution in [-0.4, -0.2) is 25.3 Å². The molecular weight excluding hydrogens is 341 g/mol. The molecule has 1 aromatic carbocycles. The number of hydrogen-bond donors (Lipinski definition) is 2. The van der Waals surface area contributed by atoms with Crippen molar-refractivity contribution in [3.63, 3.8) is 0 Å². The van der Waals surface area contributed by atoms with E-state index in [0.717, 1.165) is 5.57 Å². The SMILES string of the molecule is C[C@H]1C=C2[C@H](C#N)C(=N)C(C#N)(C#N)[C@H](c3ccc(F)cc3)[C@]2(C)C[NH+]1C. The molecule has 1 aromatic rings. The molecule has 3 rings (SSSR count). The van der Waals surface area contributed by atoms with Crippen molar-refractivity contribution < 1.29 is 9.29 Å². The molecule has 27 heavy (non-hydrogen) atoms. The number of nitriles is 3. The average Bonchev–Trinajstić information content (AvgIpc) is 2.65. The second kappa shape index (κ2) is 6.31. The van der Waals surface area contributed by atoms with E-state index in [1.807, 2.05) is 27.0 Å². The molecule has 1 aliphatic carbocycles. The zero-order valence-corrected chi connectivity index (χ0v) is 15.5. The molecule has 5 nitrogen and oxygen atoms in total. The van der Waals surface area contributed by atoms with Crippen molar-refractivity contribution in [1.29, 1.82) is 21.2 Å². The molecule has 2 aliphatic rings. The van der Waals surface area contributed by atoms with Crippen LogP contribution in [0, 0.1) is 62.0 Å². The smallest absolute Gasteiger partial charge is 0.190 e. The van der Waals surface area contributed by atoms with Gasteiger partial charge < -0.3 is 10.3 Å². The third kappa shape index (κ3) is 2.47. The molecule has 1 saturated carbocycles. The van der Waals surface area contributed by atoms with E-state index in [0.29, 0.717) is 12.1 Å². The van der Waals surface area contributed by atoms with Crippen LogP contribution in [0.25, 0.3) is 0 Å². The second-order valence-corrected chi connectivity index (χ2v) is 7.84. The Morgan fingerprint density at radius 1 is 1.19 bits per heavy atom. The second-order valence-electron chi connectivity index (χ2n) is 7.84. The van der Waals surface area contributed by atoms with Crippen molar-refractivity contribution in [2.45, 2.75) is 25.8 Å². The molecule has 6 heteroatoms. The van der Waals surface area contributed by atoms with Gasteiger partial charge in [0.15, 0.2) is 5.41 Å². The van der Waals surface area contributed by atoms with Crippen LogP contribution in [0.3, 0.4) is 0 Å². The van der Waals surface area contributed by atoms with Gasteiger partial charge in [-0.25, -0.2) is 4.39 Å². The van der Waals surface area contributed by atoms with Crippen LogP contribution in [-0.2, 0) is 0 Å². The van der Waals surface area contributed by atoms with E-state index in [9.17, 15) is 20.2 Å². The van der Waals surface area contributed by atoms with E-state index in [1.165, 1.54) is 17.0 Å². The minimum absolute atomic E-state index is 0.155. The predicted octanol–water partition coefficient (Wildman–Crippen LogP) is 1.97. The summed E-state index contributed by atoms with van der Waals surface area (Å²) >= 11 is 0. The zero-order valence-electron chi connectivity index (χ0n) is 15.5.